The van der Waals surface area contributed by atoms with Crippen molar-refractivity contribution in [3.63, 3.8) is 0 Å². The lowest BCUT2D eigenvalue weighted by molar-refractivity contribution is 0.279. The maximum absolute atomic E-state index is 6.07. The second-order valence-electron chi connectivity index (χ2n) is 4.04. The van der Waals surface area contributed by atoms with E-state index in [1.54, 1.807) is 0 Å². The monoisotopic (exact) mass is 202 g/mol. The van der Waals surface area contributed by atoms with Gasteiger partial charge in [-0.2, -0.15) is 0 Å². The molecule has 0 amide bonds. The summed E-state index contributed by atoms with van der Waals surface area (Å²) >= 11 is 0. The molecule has 4 heteroatoms. The molecule has 0 unspecified atom stereocenters. The van der Waals surface area contributed by atoms with Crippen LogP contribution in [0, 0.1) is 0 Å². The van der Waals surface area contributed by atoms with Crippen molar-refractivity contribution >= 4 is 8.64 Å². The highest BCUT2D eigenvalue weighted by Gasteiger charge is 2.37. The molecule has 1 aliphatic carbocycles. The first kappa shape index (κ1) is 11.2. The van der Waals surface area contributed by atoms with Gasteiger partial charge in [0.25, 0.3) is 0 Å². The van der Waals surface area contributed by atoms with Gasteiger partial charge >= 0.3 is 8.64 Å². The largest absolute Gasteiger partial charge is 0.392 e. The normalized spacial score (nSPS) is 20.5. The van der Waals surface area contributed by atoms with Crippen LogP contribution in [-0.4, -0.2) is 15.2 Å². The van der Waals surface area contributed by atoms with Gasteiger partial charge in [-0.3, -0.25) is 0 Å². The van der Waals surface area contributed by atoms with Crippen molar-refractivity contribution in [2.24, 2.45) is 10.8 Å². The highest BCUT2D eigenvalue weighted by molar-refractivity contribution is 6.68. The lowest BCUT2D eigenvalue weighted by Gasteiger charge is -2.32. The lowest BCUT2D eigenvalue weighted by atomic mass is 10.0. The van der Waals surface area contributed by atoms with Gasteiger partial charge in [0.1, 0.15) is 0 Å². The van der Waals surface area contributed by atoms with Crippen LogP contribution in [0.1, 0.15) is 45.4 Å². The molecular weight excluding hydrogens is 180 g/mol. The molecule has 1 aliphatic rings. The molecule has 0 aromatic rings. The Kier molecular flexibility index (Phi) is 4.38. The maximum atomic E-state index is 6.07. The van der Waals surface area contributed by atoms with Crippen LogP contribution >= 0.6 is 0 Å². The number of rotatable bonds is 4. The zero-order valence-electron chi connectivity index (χ0n) is 8.59. The van der Waals surface area contributed by atoms with Gasteiger partial charge in [-0.15, -0.1) is 0 Å². The van der Waals surface area contributed by atoms with Crippen molar-refractivity contribution in [3.05, 3.63) is 0 Å². The average Bonchev–Trinajstić information content (AvgIpc) is 2.16. The van der Waals surface area contributed by atoms with Crippen LogP contribution in [0.5, 0.6) is 0 Å². The van der Waals surface area contributed by atoms with Gasteiger partial charge in [0.2, 0.25) is 0 Å². The molecule has 0 spiro atoms. The van der Waals surface area contributed by atoms with E-state index in [4.69, 9.17) is 15.2 Å². The summed E-state index contributed by atoms with van der Waals surface area (Å²) in [5.74, 6) is 0. The van der Waals surface area contributed by atoms with Crippen LogP contribution in [0.2, 0.25) is 5.54 Å². The van der Waals surface area contributed by atoms with Crippen LogP contribution in [-0.2, 0) is 4.43 Å². The van der Waals surface area contributed by atoms with Crippen molar-refractivity contribution in [1.82, 2.24) is 0 Å². The molecular formula is C9H22N2OSi. The smallest absolute Gasteiger partial charge is 0.349 e. The molecule has 78 valence electrons. The van der Waals surface area contributed by atoms with Crippen LogP contribution in [0.4, 0.5) is 0 Å². The van der Waals surface area contributed by atoms with Crippen LogP contribution in [0.15, 0.2) is 0 Å². The Morgan fingerprint density at radius 1 is 1.23 bits per heavy atom. The summed E-state index contributed by atoms with van der Waals surface area (Å²) in [6.45, 7) is 2.82. The highest BCUT2D eigenvalue weighted by Crippen LogP contribution is 2.32. The van der Waals surface area contributed by atoms with Crippen molar-refractivity contribution < 1.29 is 4.43 Å². The molecule has 0 atom stereocenters. The van der Waals surface area contributed by atoms with E-state index in [-0.39, 0.29) is 0 Å². The summed E-state index contributed by atoms with van der Waals surface area (Å²) in [6.07, 6.45) is 7.28. The Morgan fingerprint density at radius 2 is 1.85 bits per heavy atom. The quantitative estimate of drug-likeness (QED) is 0.681. The first-order valence-electron chi connectivity index (χ1n) is 5.38. The fraction of sp³-hybridized carbons (Fsp3) is 1.00. The van der Waals surface area contributed by atoms with Gasteiger partial charge in [-0.05, 0) is 19.3 Å². The van der Waals surface area contributed by atoms with Gasteiger partial charge in [-0.1, -0.05) is 26.2 Å². The topological polar surface area (TPSA) is 61.3 Å². The van der Waals surface area contributed by atoms with Crippen LogP contribution < -0.4 is 10.8 Å². The van der Waals surface area contributed by atoms with Crippen LogP contribution in [0.25, 0.3) is 0 Å². The molecule has 13 heavy (non-hydrogen) atoms. The van der Waals surface area contributed by atoms with Crippen molar-refractivity contribution in [2.45, 2.75) is 51.0 Å². The number of hydrogen-bond acceptors (Lipinski definition) is 3. The Labute approximate surface area is 82.1 Å². The summed E-state index contributed by atoms with van der Waals surface area (Å²) in [4.78, 5) is 0. The molecule has 0 aromatic carbocycles. The van der Waals surface area contributed by atoms with Crippen molar-refractivity contribution in [3.8, 4) is 0 Å². The van der Waals surface area contributed by atoms with Gasteiger partial charge in [0.15, 0.2) is 0 Å². The predicted molar refractivity (Wildman–Crippen MR) is 57.2 cm³/mol. The summed E-state index contributed by atoms with van der Waals surface area (Å²) < 4.78 is 5.61. The first-order valence-corrected chi connectivity index (χ1v) is 7.52. The molecule has 0 bridgehead atoms. The predicted octanol–water partition coefficient (Wildman–Crippen LogP) is 1.60. The van der Waals surface area contributed by atoms with E-state index in [0.717, 1.165) is 13.0 Å². The highest BCUT2D eigenvalue weighted by atomic mass is 28.4. The molecule has 0 heterocycles. The first-order chi connectivity index (χ1) is 6.17. The molecule has 0 aliphatic heterocycles. The van der Waals surface area contributed by atoms with E-state index in [0.29, 0.717) is 5.54 Å². The molecule has 0 saturated heterocycles. The minimum absolute atomic E-state index is 0.493. The van der Waals surface area contributed by atoms with Gasteiger partial charge in [0, 0.05) is 12.1 Å². The van der Waals surface area contributed by atoms with E-state index in [9.17, 15) is 0 Å². The summed E-state index contributed by atoms with van der Waals surface area (Å²) in [5.41, 5.74) is 0.493. The molecule has 4 N–H and O–H groups in total. The molecule has 1 rings (SSSR count). The fourth-order valence-corrected chi connectivity index (χ4v) is 4.05. The van der Waals surface area contributed by atoms with Crippen molar-refractivity contribution in [2.75, 3.05) is 6.61 Å². The second kappa shape index (κ2) is 5.10. The van der Waals surface area contributed by atoms with Crippen LogP contribution in [0.3, 0.4) is 0 Å². The molecule has 0 radical (unpaired) electrons. The molecule has 1 fully saturated rings. The number of hydrogen-bond donors (Lipinski definition) is 2. The van der Waals surface area contributed by atoms with E-state index >= 15 is 0 Å². The zero-order chi connectivity index (χ0) is 9.73. The third-order valence-electron chi connectivity index (χ3n) is 2.80. The van der Waals surface area contributed by atoms with E-state index in [1.807, 2.05) is 0 Å². The summed E-state index contributed by atoms with van der Waals surface area (Å²) in [7, 11) is -2.32. The lowest BCUT2D eigenvalue weighted by Crippen LogP contribution is -2.62. The summed E-state index contributed by atoms with van der Waals surface area (Å²) in [5, 5.41) is 12.1. The third kappa shape index (κ3) is 3.38. The molecule has 0 aromatic heterocycles. The number of nitrogens with two attached hydrogens (primary N) is 2. The van der Waals surface area contributed by atoms with E-state index in [2.05, 4.69) is 6.92 Å². The minimum Gasteiger partial charge on any atom is -0.392 e. The van der Waals surface area contributed by atoms with Gasteiger partial charge < -0.3 is 15.2 Å². The Morgan fingerprint density at radius 3 is 2.38 bits per heavy atom. The Bertz CT molecular complexity index is 147. The van der Waals surface area contributed by atoms with Crippen molar-refractivity contribution in [1.29, 1.82) is 0 Å². The van der Waals surface area contributed by atoms with E-state index < -0.39 is 8.64 Å². The second-order valence-corrected chi connectivity index (χ2v) is 6.85. The third-order valence-corrected chi connectivity index (χ3v) is 5.36. The van der Waals surface area contributed by atoms with Gasteiger partial charge in [0.05, 0.1) is 0 Å². The van der Waals surface area contributed by atoms with E-state index in [1.165, 1.54) is 32.1 Å². The zero-order valence-corrected chi connectivity index (χ0v) is 9.59. The minimum atomic E-state index is -2.32. The maximum Gasteiger partial charge on any atom is 0.349 e. The average molecular weight is 202 g/mol. The Balaban J connectivity index is 2.36. The molecule has 3 nitrogen and oxygen atoms in total. The SMILES string of the molecule is CCCO[Si](N)(N)C1CCCCC1. The fourth-order valence-electron chi connectivity index (χ4n) is 1.95. The standard InChI is InChI=1S/C9H22N2OSi/c1-2-8-12-13(10,11)9-6-4-3-5-7-9/h9H,2-8,10-11H2,1H3. The van der Waals surface area contributed by atoms with Gasteiger partial charge in [-0.25, -0.2) is 0 Å². The molecule has 1 saturated carbocycles. The Hall–Kier alpha value is 0.0969. The summed E-state index contributed by atoms with van der Waals surface area (Å²) in [6, 6.07) is 0.